The van der Waals surface area contributed by atoms with Crippen molar-refractivity contribution in [1.82, 2.24) is 31.1 Å². The largest absolute Gasteiger partial charge is 0.353 e. The molecule has 52 heavy (non-hydrogen) atoms. The monoisotopic (exact) mass is 739 g/mol. The standard InChI is InChI=1S/2C11H22N2O.2C10H21NO/c2*1-8(2)10(9(3)4)13-7-5-6-12-11(13)14;2*1-7(2)9(10(4,5)6)11-8(3)12/h2*8-10H,5-7H2,1-4H3,(H,12,14);2*7,9H,1-6H3,(H,11,12). The predicted molar refractivity (Wildman–Crippen MR) is 220 cm³/mol. The van der Waals surface area contributed by atoms with Gasteiger partial charge >= 0.3 is 12.1 Å². The highest BCUT2D eigenvalue weighted by Crippen LogP contribution is 2.26. The van der Waals surface area contributed by atoms with Crippen LogP contribution in [0.1, 0.15) is 151 Å². The Kier molecular flexibility index (Phi) is 23.8. The minimum Gasteiger partial charge on any atom is -0.353 e. The van der Waals surface area contributed by atoms with E-state index in [-0.39, 0.29) is 46.8 Å². The summed E-state index contributed by atoms with van der Waals surface area (Å²) in [5.74, 6) is 3.19. The van der Waals surface area contributed by atoms with E-state index >= 15 is 0 Å². The van der Waals surface area contributed by atoms with Gasteiger partial charge in [0.1, 0.15) is 0 Å². The lowest BCUT2D eigenvalue weighted by Gasteiger charge is -2.39. The number of amides is 6. The van der Waals surface area contributed by atoms with Gasteiger partial charge in [-0.25, -0.2) is 9.59 Å². The molecule has 2 rings (SSSR count). The molecule has 6 amide bonds. The van der Waals surface area contributed by atoms with Crippen LogP contribution in [0.3, 0.4) is 0 Å². The molecule has 10 nitrogen and oxygen atoms in total. The Morgan fingerprint density at radius 1 is 0.519 bits per heavy atom. The second-order valence-corrected chi connectivity index (χ2v) is 19.1. The topological polar surface area (TPSA) is 123 Å². The van der Waals surface area contributed by atoms with Crippen LogP contribution in [0.15, 0.2) is 0 Å². The maximum atomic E-state index is 11.7. The number of urea groups is 2. The number of hydrogen-bond acceptors (Lipinski definition) is 4. The van der Waals surface area contributed by atoms with E-state index in [0.29, 0.717) is 47.6 Å². The van der Waals surface area contributed by atoms with Crippen LogP contribution in [0.4, 0.5) is 9.59 Å². The van der Waals surface area contributed by atoms with Crippen molar-refractivity contribution in [3.05, 3.63) is 0 Å². The molecule has 10 heteroatoms. The third-order valence-electron chi connectivity index (χ3n) is 9.59. The molecular weight excluding hydrogens is 652 g/mol. The molecule has 2 aliphatic heterocycles. The number of nitrogens with zero attached hydrogens (tertiary/aromatic N) is 2. The Morgan fingerprint density at radius 3 is 0.904 bits per heavy atom. The Labute approximate surface area is 321 Å². The summed E-state index contributed by atoms with van der Waals surface area (Å²) in [4.78, 5) is 49.1. The maximum Gasteiger partial charge on any atom is 0.317 e. The van der Waals surface area contributed by atoms with Gasteiger partial charge in [0.2, 0.25) is 11.8 Å². The zero-order valence-electron chi connectivity index (χ0n) is 37.5. The fraction of sp³-hybridized carbons (Fsp3) is 0.905. The summed E-state index contributed by atoms with van der Waals surface area (Å²) in [5.41, 5.74) is 0.277. The van der Waals surface area contributed by atoms with Crippen LogP contribution >= 0.6 is 0 Å². The van der Waals surface area contributed by atoms with E-state index in [1.54, 1.807) is 13.8 Å². The van der Waals surface area contributed by atoms with Crippen molar-refractivity contribution in [2.75, 3.05) is 26.2 Å². The quantitative estimate of drug-likeness (QED) is 0.179. The molecule has 0 bridgehead atoms. The molecule has 308 valence electrons. The van der Waals surface area contributed by atoms with Crippen molar-refractivity contribution in [3.8, 4) is 0 Å². The predicted octanol–water partition coefficient (Wildman–Crippen LogP) is 8.55. The number of rotatable bonds is 10. The normalized spacial score (nSPS) is 16.5. The van der Waals surface area contributed by atoms with Gasteiger partial charge in [0.05, 0.1) is 0 Å². The first-order chi connectivity index (χ1) is 23.6. The van der Waals surface area contributed by atoms with Gasteiger partial charge in [-0.15, -0.1) is 0 Å². The van der Waals surface area contributed by atoms with Crippen molar-refractivity contribution in [1.29, 1.82) is 0 Å². The van der Waals surface area contributed by atoms with Gasteiger partial charge in [-0.1, -0.05) is 125 Å². The highest BCUT2D eigenvalue weighted by molar-refractivity contribution is 5.76. The van der Waals surface area contributed by atoms with Gasteiger partial charge in [0.25, 0.3) is 0 Å². The minimum absolute atomic E-state index is 0.0589. The molecule has 2 unspecified atom stereocenters. The van der Waals surface area contributed by atoms with Crippen LogP contribution in [-0.2, 0) is 9.59 Å². The fourth-order valence-corrected chi connectivity index (χ4v) is 8.05. The second kappa shape index (κ2) is 24.0. The maximum absolute atomic E-state index is 11.7. The van der Waals surface area contributed by atoms with Gasteiger partial charge in [0.15, 0.2) is 0 Å². The molecule has 0 aromatic carbocycles. The first-order valence-electron chi connectivity index (χ1n) is 20.2. The second-order valence-electron chi connectivity index (χ2n) is 19.1. The van der Waals surface area contributed by atoms with Crippen molar-refractivity contribution in [2.45, 2.75) is 175 Å². The molecular formula is C42H86N6O4. The highest BCUT2D eigenvalue weighted by Gasteiger charge is 2.32. The van der Waals surface area contributed by atoms with Crippen LogP contribution in [0.2, 0.25) is 0 Å². The lowest BCUT2D eigenvalue weighted by atomic mass is 9.80. The summed E-state index contributed by atoms with van der Waals surface area (Å²) in [5, 5.41) is 11.8. The third kappa shape index (κ3) is 20.1. The Hall–Kier alpha value is -2.52. The van der Waals surface area contributed by atoms with Crippen LogP contribution in [-0.4, -0.2) is 84.0 Å². The van der Waals surface area contributed by atoms with E-state index < -0.39 is 0 Å². The van der Waals surface area contributed by atoms with Crippen LogP contribution < -0.4 is 21.3 Å². The SMILES string of the molecule is CC(=O)NC(C(C)C)C(C)(C)C.CC(=O)NC(C(C)C)C(C)(C)C.CC(C)C(C(C)C)N1CCCNC1=O.CC(C)C(C(C)C)N1CCCNC1=O. The number of nitrogens with one attached hydrogen (secondary N) is 4. The number of hydrogen-bond donors (Lipinski definition) is 4. The molecule has 2 atom stereocenters. The van der Waals surface area contributed by atoms with Crippen molar-refractivity contribution >= 4 is 23.9 Å². The summed E-state index contributed by atoms with van der Waals surface area (Å²) < 4.78 is 0. The molecule has 2 heterocycles. The average Bonchev–Trinajstić information content (AvgIpc) is 2.96. The first-order valence-corrected chi connectivity index (χ1v) is 20.2. The molecule has 0 aromatic rings. The van der Waals surface area contributed by atoms with Gasteiger partial charge in [0, 0.05) is 64.2 Å². The Balaban J connectivity index is 0. The van der Waals surface area contributed by atoms with Crippen LogP contribution in [0.25, 0.3) is 0 Å². The minimum atomic E-state index is 0.0589. The van der Waals surface area contributed by atoms with Crippen LogP contribution in [0.5, 0.6) is 0 Å². The molecule has 0 spiro atoms. The van der Waals surface area contributed by atoms with E-state index in [9.17, 15) is 19.2 Å². The Bertz CT molecular complexity index is 944. The lowest BCUT2D eigenvalue weighted by molar-refractivity contribution is -0.121. The van der Waals surface area contributed by atoms with Crippen molar-refractivity contribution in [3.63, 3.8) is 0 Å². The Morgan fingerprint density at radius 2 is 0.769 bits per heavy atom. The molecule has 0 aliphatic carbocycles. The summed E-state index contributed by atoms with van der Waals surface area (Å²) in [6.07, 6.45) is 2.14. The van der Waals surface area contributed by atoms with Crippen molar-refractivity contribution in [2.24, 2.45) is 46.3 Å². The number of carbonyl (C=O) groups is 4. The highest BCUT2D eigenvalue weighted by atomic mass is 16.2. The zero-order chi connectivity index (χ0) is 41.3. The lowest BCUT2D eigenvalue weighted by Crippen LogP contribution is -2.54. The fourth-order valence-electron chi connectivity index (χ4n) is 8.05. The third-order valence-corrected chi connectivity index (χ3v) is 9.59. The molecule has 0 aromatic heterocycles. The van der Waals surface area contributed by atoms with E-state index in [4.69, 9.17) is 0 Å². The molecule has 2 fully saturated rings. The molecule has 2 aliphatic rings. The van der Waals surface area contributed by atoms with Gasteiger partial charge in [-0.3, -0.25) is 9.59 Å². The van der Waals surface area contributed by atoms with Crippen LogP contribution in [0, 0.1) is 46.3 Å². The molecule has 2 saturated heterocycles. The smallest absolute Gasteiger partial charge is 0.317 e. The molecule has 0 radical (unpaired) electrons. The molecule has 0 saturated carbocycles. The number of carbonyl (C=O) groups excluding carboxylic acids is 4. The van der Waals surface area contributed by atoms with E-state index in [1.165, 1.54) is 0 Å². The first kappa shape index (κ1) is 51.6. The van der Waals surface area contributed by atoms with Gasteiger partial charge < -0.3 is 31.1 Å². The van der Waals surface area contributed by atoms with Gasteiger partial charge in [-0.05, 0) is 59.2 Å². The van der Waals surface area contributed by atoms with E-state index in [0.717, 1.165) is 39.0 Å². The average molecular weight is 739 g/mol. The summed E-state index contributed by atoms with van der Waals surface area (Å²) in [7, 11) is 0. The molecule has 4 N–H and O–H groups in total. The summed E-state index contributed by atoms with van der Waals surface area (Å²) in [6, 6.07) is 1.49. The van der Waals surface area contributed by atoms with Crippen molar-refractivity contribution < 1.29 is 19.2 Å². The van der Waals surface area contributed by atoms with E-state index in [2.05, 4.69) is 146 Å². The van der Waals surface area contributed by atoms with E-state index in [1.807, 2.05) is 9.80 Å². The summed E-state index contributed by atoms with van der Waals surface area (Å²) >= 11 is 0. The van der Waals surface area contributed by atoms with Gasteiger partial charge in [-0.2, -0.15) is 0 Å². The summed E-state index contributed by atoms with van der Waals surface area (Å²) in [6.45, 7) is 45.5. The zero-order valence-corrected chi connectivity index (χ0v) is 37.5.